The molecule has 0 saturated heterocycles. The average Bonchev–Trinajstić information content (AvgIpc) is 3.18. The number of aromatic nitrogens is 3. The molecule has 0 atom stereocenters. The van der Waals surface area contributed by atoms with Gasteiger partial charge in [0.2, 0.25) is 0 Å². The molecule has 0 fully saturated rings. The van der Waals surface area contributed by atoms with Gasteiger partial charge in [0, 0.05) is 46.9 Å². The van der Waals surface area contributed by atoms with Gasteiger partial charge in [0.1, 0.15) is 12.7 Å². The number of likely N-dealkylation sites (N-methyl/N-ethyl adjacent to an activating group) is 1. The van der Waals surface area contributed by atoms with Crippen molar-refractivity contribution in [2.24, 2.45) is 4.99 Å². The summed E-state index contributed by atoms with van der Waals surface area (Å²) >= 11 is 0. The second-order valence-electron chi connectivity index (χ2n) is 6.42. The Morgan fingerprint density at radius 2 is 2.07 bits per heavy atom. The summed E-state index contributed by atoms with van der Waals surface area (Å²) in [7, 11) is 5.65. The normalized spacial score (nSPS) is 11.4. The van der Waals surface area contributed by atoms with Crippen molar-refractivity contribution in [2.75, 3.05) is 47.4 Å². The van der Waals surface area contributed by atoms with Gasteiger partial charge in [0.05, 0.1) is 6.54 Å². The molecule has 0 radical (unpaired) electrons. The average molecular weight is 501 g/mol. The molecule has 9 heteroatoms. The molecule has 2 aromatic rings. The van der Waals surface area contributed by atoms with Crippen LogP contribution in [0.1, 0.15) is 17.5 Å². The smallest absolute Gasteiger partial charge is 0.191 e. The number of hydrogen-bond donors (Lipinski definition) is 2. The number of hydrogen-bond acceptors (Lipinski definition) is 5. The first-order chi connectivity index (χ1) is 13.2. The first-order valence-electron chi connectivity index (χ1n) is 9.23. The third-order valence-corrected chi connectivity index (χ3v) is 4.16. The predicted molar refractivity (Wildman–Crippen MR) is 123 cm³/mol. The van der Waals surface area contributed by atoms with Crippen LogP contribution in [0.15, 0.2) is 41.9 Å². The van der Waals surface area contributed by atoms with Crippen LogP contribution in [0.3, 0.4) is 0 Å². The number of nitrogens with zero attached hydrogens (tertiary/aromatic N) is 5. The van der Waals surface area contributed by atoms with Gasteiger partial charge in [0.25, 0.3) is 0 Å². The fourth-order valence-corrected chi connectivity index (χ4v) is 2.70. The number of benzene rings is 1. The molecule has 0 aliphatic carbocycles. The summed E-state index contributed by atoms with van der Waals surface area (Å²) in [4.78, 5) is 10.6. The molecule has 156 valence electrons. The van der Waals surface area contributed by atoms with Crippen LogP contribution in [0.2, 0.25) is 0 Å². The Balaban J connectivity index is 0.00000392. The van der Waals surface area contributed by atoms with E-state index in [0.717, 1.165) is 45.2 Å². The summed E-state index contributed by atoms with van der Waals surface area (Å²) in [5.41, 5.74) is 2.40. The summed E-state index contributed by atoms with van der Waals surface area (Å²) in [5.74, 6) is 0.807. The van der Waals surface area contributed by atoms with Crippen molar-refractivity contribution in [3.63, 3.8) is 0 Å². The summed E-state index contributed by atoms with van der Waals surface area (Å²) in [5, 5.41) is 10.9. The van der Waals surface area contributed by atoms with Crippen molar-refractivity contribution in [1.82, 2.24) is 30.3 Å². The maximum atomic E-state index is 5.08. The maximum absolute atomic E-state index is 5.08. The Hall–Kier alpha value is -1.72. The monoisotopic (exact) mass is 501 g/mol. The largest absolute Gasteiger partial charge is 0.385 e. The number of guanidine groups is 1. The molecule has 2 rings (SSSR count). The summed E-state index contributed by atoms with van der Waals surface area (Å²) < 4.78 is 6.90. The minimum absolute atomic E-state index is 0. The fraction of sp³-hybridized carbons (Fsp3) is 0.526. The minimum atomic E-state index is 0. The highest BCUT2D eigenvalue weighted by molar-refractivity contribution is 14.0. The molecule has 0 saturated carbocycles. The lowest BCUT2D eigenvalue weighted by Gasteiger charge is -2.18. The van der Waals surface area contributed by atoms with Crippen LogP contribution in [0.25, 0.3) is 0 Å². The molecule has 0 unspecified atom stereocenters. The number of rotatable bonds is 11. The van der Waals surface area contributed by atoms with Crippen LogP contribution >= 0.6 is 24.0 Å². The van der Waals surface area contributed by atoms with E-state index in [1.54, 1.807) is 26.8 Å². The van der Waals surface area contributed by atoms with Gasteiger partial charge in [-0.25, -0.2) is 9.67 Å². The Kier molecular flexibility index (Phi) is 12.4. The highest BCUT2D eigenvalue weighted by Crippen LogP contribution is 2.06. The number of ether oxygens (including phenoxy) is 1. The fourth-order valence-electron chi connectivity index (χ4n) is 2.70. The van der Waals surface area contributed by atoms with Gasteiger partial charge in [-0.1, -0.05) is 24.3 Å². The molecule has 0 aliphatic rings. The summed E-state index contributed by atoms with van der Waals surface area (Å²) in [6, 6.07) is 8.44. The molecule has 28 heavy (non-hydrogen) atoms. The number of halogens is 1. The van der Waals surface area contributed by atoms with Crippen molar-refractivity contribution >= 4 is 29.9 Å². The van der Waals surface area contributed by atoms with Crippen molar-refractivity contribution in [3.05, 3.63) is 48.0 Å². The summed E-state index contributed by atoms with van der Waals surface area (Å²) in [6.45, 7) is 5.06. The van der Waals surface area contributed by atoms with Gasteiger partial charge in [-0.15, -0.1) is 24.0 Å². The zero-order valence-electron chi connectivity index (χ0n) is 17.0. The minimum Gasteiger partial charge on any atom is -0.385 e. The lowest BCUT2D eigenvalue weighted by Crippen LogP contribution is -2.40. The second kappa shape index (κ2) is 14.3. The topological polar surface area (TPSA) is 79.6 Å². The molecular weight excluding hydrogens is 469 g/mol. The summed E-state index contributed by atoms with van der Waals surface area (Å²) in [6.07, 6.45) is 4.32. The molecule has 1 heterocycles. The zero-order valence-corrected chi connectivity index (χ0v) is 19.3. The van der Waals surface area contributed by atoms with Gasteiger partial charge in [-0.05, 0) is 24.6 Å². The van der Waals surface area contributed by atoms with E-state index in [0.29, 0.717) is 6.54 Å². The number of methoxy groups -OCH3 is 1. The van der Waals surface area contributed by atoms with Crippen LogP contribution in [-0.2, 0) is 17.8 Å². The third-order valence-electron chi connectivity index (χ3n) is 4.16. The van der Waals surface area contributed by atoms with Gasteiger partial charge in [-0.2, -0.15) is 5.10 Å². The quantitative estimate of drug-likeness (QED) is 0.211. The van der Waals surface area contributed by atoms with Crippen molar-refractivity contribution in [2.45, 2.75) is 19.5 Å². The Morgan fingerprint density at radius 3 is 2.79 bits per heavy atom. The maximum Gasteiger partial charge on any atom is 0.191 e. The van der Waals surface area contributed by atoms with Crippen molar-refractivity contribution in [3.8, 4) is 0 Å². The van der Waals surface area contributed by atoms with E-state index in [-0.39, 0.29) is 24.0 Å². The van der Waals surface area contributed by atoms with E-state index in [4.69, 9.17) is 4.74 Å². The highest BCUT2D eigenvalue weighted by atomic mass is 127. The van der Waals surface area contributed by atoms with E-state index < -0.39 is 0 Å². The number of aliphatic imine (C=N–C) groups is 1. The first-order valence-corrected chi connectivity index (χ1v) is 9.23. The lowest BCUT2D eigenvalue weighted by molar-refractivity contribution is 0.180. The van der Waals surface area contributed by atoms with E-state index in [2.05, 4.69) is 61.9 Å². The molecule has 1 aromatic heterocycles. The zero-order chi connectivity index (χ0) is 19.3. The van der Waals surface area contributed by atoms with Gasteiger partial charge in [-0.3, -0.25) is 4.99 Å². The first kappa shape index (κ1) is 24.3. The molecule has 0 spiro atoms. The molecule has 0 amide bonds. The predicted octanol–water partition coefficient (Wildman–Crippen LogP) is 1.58. The molecule has 2 N–H and O–H groups in total. The van der Waals surface area contributed by atoms with Crippen LogP contribution < -0.4 is 10.6 Å². The van der Waals surface area contributed by atoms with Crippen molar-refractivity contribution in [1.29, 1.82) is 0 Å². The van der Waals surface area contributed by atoms with Crippen LogP contribution in [0, 0.1) is 0 Å². The Bertz CT molecular complexity index is 679. The van der Waals surface area contributed by atoms with E-state index in [9.17, 15) is 0 Å². The molecular formula is C19H32IN7O. The van der Waals surface area contributed by atoms with Gasteiger partial charge < -0.3 is 20.3 Å². The van der Waals surface area contributed by atoms with Crippen LogP contribution in [-0.4, -0.2) is 73.1 Å². The Morgan fingerprint density at radius 1 is 1.25 bits per heavy atom. The standard InChI is InChI=1S/C19H31N7O.HI/c1-20-19(22-8-10-25(2)9-5-11-27-3)23-13-17-6-4-7-18(12-17)14-26-16-21-15-24-26;/h4,6-7,12,15-16H,5,8-11,13-14H2,1-3H3,(H2,20,22,23);1H. The second-order valence-corrected chi connectivity index (χ2v) is 6.42. The molecule has 0 bridgehead atoms. The number of nitrogens with one attached hydrogen (secondary N) is 2. The highest BCUT2D eigenvalue weighted by Gasteiger charge is 2.02. The van der Waals surface area contributed by atoms with Crippen LogP contribution in [0.5, 0.6) is 0 Å². The Labute approximate surface area is 184 Å². The van der Waals surface area contributed by atoms with E-state index in [1.807, 2.05) is 4.68 Å². The third kappa shape index (κ3) is 9.47. The molecule has 1 aromatic carbocycles. The van der Waals surface area contributed by atoms with Gasteiger partial charge >= 0.3 is 0 Å². The molecule has 8 nitrogen and oxygen atoms in total. The SMILES string of the molecule is CN=C(NCCN(C)CCCOC)NCc1cccc(Cn2cncn2)c1.I. The van der Waals surface area contributed by atoms with Gasteiger partial charge in [0.15, 0.2) is 5.96 Å². The van der Waals surface area contributed by atoms with E-state index in [1.165, 1.54) is 11.1 Å². The molecule has 0 aliphatic heterocycles. The van der Waals surface area contributed by atoms with E-state index >= 15 is 0 Å². The van der Waals surface area contributed by atoms with Crippen molar-refractivity contribution < 1.29 is 4.74 Å². The lowest BCUT2D eigenvalue weighted by atomic mass is 10.1. The van der Waals surface area contributed by atoms with Crippen LogP contribution in [0.4, 0.5) is 0 Å².